The third-order valence-electron chi connectivity index (χ3n) is 1.97. The largest absolute Gasteiger partial charge is 0.298 e. The number of nitrogens with zero attached hydrogens (tertiary/aromatic N) is 2. The summed E-state index contributed by atoms with van der Waals surface area (Å²) in [5.41, 5.74) is 0.117. The quantitative estimate of drug-likeness (QED) is 0.668. The molecule has 1 aromatic heterocycles. The minimum atomic E-state index is -0.541. The van der Waals surface area contributed by atoms with Crippen LogP contribution in [0.5, 0.6) is 0 Å². The highest BCUT2D eigenvalue weighted by Gasteiger charge is 2.12. The molecule has 6 nitrogen and oxygen atoms in total. The number of amides is 1. The highest BCUT2D eigenvalue weighted by molar-refractivity contribution is 7.13. The maximum absolute atomic E-state index is 11.7. The number of benzene rings is 1. The second kappa shape index (κ2) is 4.71. The van der Waals surface area contributed by atoms with Gasteiger partial charge in [0, 0.05) is 29.3 Å². The molecule has 2 rings (SSSR count). The first-order chi connectivity index (χ1) is 8.16. The van der Waals surface area contributed by atoms with Crippen LogP contribution < -0.4 is 5.32 Å². The van der Waals surface area contributed by atoms with Gasteiger partial charge >= 0.3 is 0 Å². The molecule has 0 atom stereocenters. The fraction of sp³-hybridized carbons (Fsp3) is 0. The zero-order valence-electron chi connectivity index (χ0n) is 8.49. The summed E-state index contributed by atoms with van der Waals surface area (Å²) in [5, 5.41) is 15.3. The molecule has 0 fully saturated rings. The fourth-order valence-electron chi connectivity index (χ4n) is 1.22. The van der Waals surface area contributed by atoms with Crippen LogP contribution >= 0.6 is 11.3 Å². The van der Waals surface area contributed by atoms with E-state index in [9.17, 15) is 14.9 Å². The Morgan fingerprint density at radius 3 is 2.94 bits per heavy atom. The number of nitro benzene ring substituents is 1. The SMILES string of the molecule is O=C(Nc1nccs1)c1cccc([N+](=O)[O-])c1. The van der Waals surface area contributed by atoms with Gasteiger partial charge in [-0.3, -0.25) is 20.2 Å². The van der Waals surface area contributed by atoms with Crippen molar-refractivity contribution in [2.75, 3.05) is 5.32 Å². The van der Waals surface area contributed by atoms with Crippen molar-refractivity contribution in [1.29, 1.82) is 0 Å². The van der Waals surface area contributed by atoms with E-state index in [1.54, 1.807) is 11.6 Å². The van der Waals surface area contributed by atoms with Crippen molar-refractivity contribution in [2.45, 2.75) is 0 Å². The van der Waals surface area contributed by atoms with Crippen LogP contribution in [0, 0.1) is 10.1 Å². The summed E-state index contributed by atoms with van der Waals surface area (Å²) >= 11 is 1.28. The van der Waals surface area contributed by atoms with Crippen molar-refractivity contribution >= 4 is 28.1 Å². The Morgan fingerprint density at radius 2 is 2.29 bits per heavy atom. The molecule has 1 heterocycles. The molecule has 0 spiro atoms. The lowest BCUT2D eigenvalue weighted by Gasteiger charge is -2.01. The van der Waals surface area contributed by atoms with E-state index in [0.29, 0.717) is 5.13 Å². The zero-order valence-corrected chi connectivity index (χ0v) is 9.31. The summed E-state index contributed by atoms with van der Waals surface area (Å²) in [6.45, 7) is 0. The summed E-state index contributed by atoms with van der Waals surface area (Å²) in [6, 6.07) is 5.54. The predicted molar refractivity (Wildman–Crippen MR) is 63.2 cm³/mol. The van der Waals surface area contributed by atoms with E-state index in [1.807, 2.05) is 0 Å². The van der Waals surface area contributed by atoms with E-state index in [4.69, 9.17) is 0 Å². The normalized spacial score (nSPS) is 9.88. The molecule has 0 radical (unpaired) electrons. The van der Waals surface area contributed by atoms with Gasteiger partial charge in [-0.15, -0.1) is 11.3 Å². The number of nitrogens with one attached hydrogen (secondary N) is 1. The van der Waals surface area contributed by atoms with Crippen molar-refractivity contribution in [2.24, 2.45) is 0 Å². The number of hydrogen-bond acceptors (Lipinski definition) is 5. The fourth-order valence-corrected chi connectivity index (χ4v) is 1.74. The van der Waals surface area contributed by atoms with E-state index < -0.39 is 10.8 Å². The molecule has 0 bridgehead atoms. The Kier molecular flexibility index (Phi) is 3.10. The lowest BCUT2D eigenvalue weighted by molar-refractivity contribution is -0.384. The number of carbonyl (C=O) groups excluding carboxylic acids is 1. The Balaban J connectivity index is 2.19. The first-order valence-corrected chi connectivity index (χ1v) is 5.50. The van der Waals surface area contributed by atoms with Gasteiger partial charge in [0.2, 0.25) is 0 Å². The van der Waals surface area contributed by atoms with Gasteiger partial charge in [-0.1, -0.05) is 6.07 Å². The summed E-state index contributed by atoms with van der Waals surface area (Å²) < 4.78 is 0. The highest BCUT2D eigenvalue weighted by Crippen LogP contribution is 2.16. The molecule has 0 unspecified atom stereocenters. The summed E-state index contributed by atoms with van der Waals surface area (Å²) in [6.07, 6.45) is 1.56. The molecule has 1 amide bonds. The van der Waals surface area contributed by atoms with Crippen molar-refractivity contribution in [1.82, 2.24) is 4.98 Å². The average Bonchev–Trinajstić information content (AvgIpc) is 2.82. The number of thiazole rings is 1. The third kappa shape index (κ3) is 2.64. The van der Waals surface area contributed by atoms with Crippen molar-refractivity contribution in [3.63, 3.8) is 0 Å². The number of hydrogen-bond donors (Lipinski definition) is 1. The number of anilines is 1. The first kappa shape index (κ1) is 11.2. The number of non-ortho nitro benzene ring substituents is 1. The van der Waals surface area contributed by atoms with Gasteiger partial charge in [-0.25, -0.2) is 4.98 Å². The molecular formula is C10H7N3O3S. The van der Waals surface area contributed by atoms with E-state index in [0.717, 1.165) is 0 Å². The van der Waals surface area contributed by atoms with E-state index in [-0.39, 0.29) is 11.3 Å². The minimum absolute atomic E-state index is 0.114. The molecule has 0 saturated heterocycles. The lowest BCUT2D eigenvalue weighted by Crippen LogP contribution is -2.11. The van der Waals surface area contributed by atoms with Crippen LogP contribution in [0.4, 0.5) is 10.8 Å². The van der Waals surface area contributed by atoms with Gasteiger partial charge in [-0.2, -0.15) is 0 Å². The van der Waals surface area contributed by atoms with Gasteiger partial charge in [0.1, 0.15) is 0 Å². The van der Waals surface area contributed by atoms with Crippen LogP contribution in [0.25, 0.3) is 0 Å². The van der Waals surface area contributed by atoms with Gasteiger partial charge < -0.3 is 0 Å². The Labute approximate surface area is 100 Å². The number of nitro groups is 1. The van der Waals surface area contributed by atoms with Crippen LogP contribution in [-0.4, -0.2) is 15.8 Å². The summed E-state index contributed by atoms with van der Waals surface area (Å²) in [7, 11) is 0. The Hall–Kier alpha value is -2.28. The van der Waals surface area contributed by atoms with Gasteiger partial charge in [0.25, 0.3) is 11.6 Å². The van der Waals surface area contributed by atoms with Crippen molar-refractivity contribution in [3.8, 4) is 0 Å². The third-order valence-corrected chi connectivity index (χ3v) is 2.66. The Morgan fingerprint density at radius 1 is 1.47 bits per heavy atom. The second-order valence-electron chi connectivity index (χ2n) is 3.10. The van der Waals surface area contributed by atoms with E-state index >= 15 is 0 Å². The Bertz CT molecular complexity index is 554. The standard InChI is InChI=1S/C10H7N3O3S/c14-9(12-10-11-4-5-17-10)7-2-1-3-8(6-7)13(15)16/h1-6H,(H,11,12,14). The molecule has 2 aromatic rings. The van der Waals surface area contributed by atoms with E-state index in [2.05, 4.69) is 10.3 Å². The van der Waals surface area contributed by atoms with Gasteiger partial charge in [0.15, 0.2) is 5.13 Å². The second-order valence-corrected chi connectivity index (χ2v) is 3.99. The molecule has 0 aliphatic heterocycles. The maximum Gasteiger partial charge on any atom is 0.270 e. The van der Waals surface area contributed by atoms with Crippen molar-refractivity contribution < 1.29 is 9.72 Å². The van der Waals surface area contributed by atoms with Crippen molar-refractivity contribution in [3.05, 3.63) is 51.5 Å². The number of aromatic nitrogens is 1. The number of carbonyl (C=O) groups is 1. The zero-order chi connectivity index (χ0) is 12.3. The molecule has 1 aromatic carbocycles. The maximum atomic E-state index is 11.7. The monoisotopic (exact) mass is 249 g/mol. The molecule has 86 valence electrons. The van der Waals surface area contributed by atoms with Crippen LogP contribution in [0.2, 0.25) is 0 Å². The lowest BCUT2D eigenvalue weighted by atomic mass is 10.2. The molecule has 0 aliphatic carbocycles. The van der Waals surface area contributed by atoms with Crippen LogP contribution in [0.15, 0.2) is 35.8 Å². The highest BCUT2D eigenvalue weighted by atomic mass is 32.1. The average molecular weight is 249 g/mol. The van der Waals surface area contributed by atoms with Crippen LogP contribution in [0.1, 0.15) is 10.4 Å². The molecule has 0 aliphatic rings. The molecule has 17 heavy (non-hydrogen) atoms. The summed E-state index contributed by atoms with van der Waals surface area (Å²) in [4.78, 5) is 25.6. The first-order valence-electron chi connectivity index (χ1n) is 4.62. The molecule has 0 saturated carbocycles. The molecular weight excluding hydrogens is 242 g/mol. The molecule has 1 N–H and O–H groups in total. The van der Waals surface area contributed by atoms with E-state index in [1.165, 1.54) is 35.6 Å². The predicted octanol–water partition coefficient (Wildman–Crippen LogP) is 2.30. The summed E-state index contributed by atoms with van der Waals surface area (Å²) in [5.74, 6) is -0.413. The van der Waals surface area contributed by atoms with Crippen LogP contribution in [0.3, 0.4) is 0 Å². The minimum Gasteiger partial charge on any atom is -0.298 e. The topological polar surface area (TPSA) is 85.1 Å². The van der Waals surface area contributed by atoms with Crippen LogP contribution in [-0.2, 0) is 0 Å². The van der Waals surface area contributed by atoms with Gasteiger partial charge in [-0.05, 0) is 6.07 Å². The smallest absolute Gasteiger partial charge is 0.270 e. The molecule has 7 heteroatoms. The number of rotatable bonds is 3. The van der Waals surface area contributed by atoms with Gasteiger partial charge in [0.05, 0.1) is 4.92 Å².